The molecule has 0 N–H and O–H groups in total. The third kappa shape index (κ3) is 2.50. The normalized spacial score (nSPS) is 17.4. The first-order chi connectivity index (χ1) is 9.78. The smallest absolute Gasteiger partial charge is 0.117 e. The lowest BCUT2D eigenvalue weighted by Crippen LogP contribution is -2.37. The zero-order valence-electron chi connectivity index (χ0n) is 11.1. The molecule has 1 aliphatic heterocycles. The van der Waals surface area contributed by atoms with Crippen LogP contribution in [0.4, 0.5) is 5.69 Å². The van der Waals surface area contributed by atoms with Crippen molar-refractivity contribution < 1.29 is 0 Å². The SMILES string of the molecule is N#CC1CCc2cc(Cl)ccc2N1Cc1ccccc1. The number of anilines is 1. The van der Waals surface area contributed by atoms with E-state index >= 15 is 0 Å². The number of nitrogens with zero attached hydrogens (tertiary/aromatic N) is 2. The van der Waals surface area contributed by atoms with Gasteiger partial charge >= 0.3 is 0 Å². The first-order valence-electron chi connectivity index (χ1n) is 6.76. The van der Waals surface area contributed by atoms with Gasteiger partial charge in [-0.15, -0.1) is 0 Å². The van der Waals surface area contributed by atoms with Crippen LogP contribution in [0.15, 0.2) is 48.5 Å². The molecule has 0 saturated carbocycles. The van der Waals surface area contributed by atoms with Crippen molar-refractivity contribution in [3.63, 3.8) is 0 Å². The van der Waals surface area contributed by atoms with Gasteiger partial charge < -0.3 is 4.90 Å². The molecule has 20 heavy (non-hydrogen) atoms. The van der Waals surface area contributed by atoms with Crippen molar-refractivity contribution in [2.24, 2.45) is 0 Å². The molecule has 0 fully saturated rings. The van der Waals surface area contributed by atoms with Crippen LogP contribution in [0.2, 0.25) is 5.02 Å². The van der Waals surface area contributed by atoms with Crippen LogP contribution in [0.5, 0.6) is 0 Å². The van der Waals surface area contributed by atoms with Crippen molar-refractivity contribution in [2.75, 3.05) is 4.90 Å². The molecule has 0 saturated heterocycles. The van der Waals surface area contributed by atoms with Crippen LogP contribution in [-0.4, -0.2) is 6.04 Å². The number of hydrogen-bond acceptors (Lipinski definition) is 2. The van der Waals surface area contributed by atoms with Gasteiger partial charge in [0.05, 0.1) is 6.07 Å². The van der Waals surface area contributed by atoms with Gasteiger partial charge in [-0.25, -0.2) is 0 Å². The third-order valence-corrected chi connectivity index (χ3v) is 3.99. The highest BCUT2D eigenvalue weighted by atomic mass is 35.5. The zero-order valence-corrected chi connectivity index (χ0v) is 11.8. The molecule has 0 amide bonds. The summed E-state index contributed by atoms with van der Waals surface area (Å²) in [6.45, 7) is 0.758. The average molecular weight is 283 g/mol. The molecule has 100 valence electrons. The maximum absolute atomic E-state index is 9.40. The average Bonchev–Trinajstić information content (AvgIpc) is 2.48. The summed E-state index contributed by atoms with van der Waals surface area (Å²) in [5.41, 5.74) is 3.59. The molecule has 2 aromatic carbocycles. The van der Waals surface area contributed by atoms with Gasteiger partial charge in [-0.05, 0) is 42.2 Å². The molecule has 0 aliphatic carbocycles. The predicted octanol–water partition coefficient (Wildman–Crippen LogP) is 4.18. The summed E-state index contributed by atoms with van der Waals surface area (Å²) in [6.07, 6.45) is 1.77. The van der Waals surface area contributed by atoms with Gasteiger partial charge in [0.15, 0.2) is 0 Å². The Bertz CT molecular complexity index is 646. The van der Waals surface area contributed by atoms with Gasteiger partial charge in [-0.3, -0.25) is 0 Å². The van der Waals surface area contributed by atoms with Gasteiger partial charge in [0.1, 0.15) is 6.04 Å². The van der Waals surface area contributed by atoms with Crippen molar-refractivity contribution in [3.8, 4) is 6.07 Å². The van der Waals surface area contributed by atoms with Gasteiger partial charge in [0.25, 0.3) is 0 Å². The molecular weight excluding hydrogens is 268 g/mol. The minimum Gasteiger partial charge on any atom is -0.351 e. The van der Waals surface area contributed by atoms with Crippen LogP contribution < -0.4 is 4.90 Å². The Balaban J connectivity index is 1.97. The molecule has 0 aromatic heterocycles. The Morgan fingerprint density at radius 2 is 2.00 bits per heavy atom. The Hall–Kier alpha value is -1.98. The van der Waals surface area contributed by atoms with Crippen LogP contribution in [0, 0.1) is 11.3 Å². The van der Waals surface area contributed by atoms with Gasteiger partial charge in [-0.2, -0.15) is 5.26 Å². The Labute approximate surface area is 124 Å². The Morgan fingerprint density at radius 1 is 1.20 bits per heavy atom. The molecule has 2 nitrogen and oxygen atoms in total. The van der Waals surface area contributed by atoms with Crippen molar-refractivity contribution >= 4 is 17.3 Å². The largest absolute Gasteiger partial charge is 0.351 e. The van der Waals surface area contributed by atoms with Gasteiger partial charge in [0, 0.05) is 17.3 Å². The standard InChI is InChI=1S/C17H15ClN2/c18-15-7-9-17-14(10-15)6-8-16(11-19)20(17)12-13-4-2-1-3-5-13/h1-5,7,9-10,16H,6,8,12H2. The van der Waals surface area contributed by atoms with Crippen LogP contribution in [0.25, 0.3) is 0 Å². The summed E-state index contributed by atoms with van der Waals surface area (Å²) in [7, 11) is 0. The predicted molar refractivity (Wildman–Crippen MR) is 81.8 cm³/mol. The summed E-state index contributed by atoms with van der Waals surface area (Å²) < 4.78 is 0. The van der Waals surface area contributed by atoms with E-state index < -0.39 is 0 Å². The quantitative estimate of drug-likeness (QED) is 0.826. The summed E-state index contributed by atoms with van der Waals surface area (Å²) in [6, 6.07) is 18.6. The van der Waals surface area contributed by atoms with E-state index in [1.54, 1.807) is 0 Å². The van der Waals surface area contributed by atoms with Crippen LogP contribution in [0.1, 0.15) is 17.5 Å². The number of hydrogen-bond donors (Lipinski definition) is 0. The molecule has 3 rings (SSSR count). The number of nitriles is 1. The molecule has 1 aliphatic rings. The molecule has 2 aromatic rings. The lowest BCUT2D eigenvalue weighted by Gasteiger charge is -2.35. The van der Waals surface area contributed by atoms with Gasteiger partial charge in [-0.1, -0.05) is 41.9 Å². The van der Waals surface area contributed by atoms with Crippen LogP contribution in [-0.2, 0) is 13.0 Å². The minimum atomic E-state index is -0.0659. The molecule has 3 heteroatoms. The van der Waals surface area contributed by atoms with E-state index in [1.165, 1.54) is 11.1 Å². The lowest BCUT2D eigenvalue weighted by atomic mass is 9.95. The lowest BCUT2D eigenvalue weighted by molar-refractivity contribution is 0.610. The topological polar surface area (TPSA) is 27.0 Å². The second kappa shape index (κ2) is 5.56. The number of benzene rings is 2. The first kappa shape index (κ1) is 13.0. The first-order valence-corrected chi connectivity index (χ1v) is 7.14. The number of aryl methyl sites for hydroxylation is 1. The number of rotatable bonds is 2. The second-order valence-corrected chi connectivity index (χ2v) is 5.51. The van der Waals surface area contributed by atoms with E-state index in [0.717, 1.165) is 30.1 Å². The molecule has 0 bridgehead atoms. The van der Waals surface area contributed by atoms with Crippen molar-refractivity contribution in [1.29, 1.82) is 5.26 Å². The summed E-state index contributed by atoms with van der Waals surface area (Å²) in [4.78, 5) is 2.19. The monoisotopic (exact) mass is 282 g/mol. The fourth-order valence-corrected chi connectivity index (χ4v) is 2.95. The highest BCUT2D eigenvalue weighted by Crippen LogP contribution is 2.33. The van der Waals surface area contributed by atoms with E-state index in [9.17, 15) is 5.26 Å². The maximum Gasteiger partial charge on any atom is 0.117 e. The second-order valence-electron chi connectivity index (χ2n) is 5.07. The summed E-state index contributed by atoms with van der Waals surface area (Å²) >= 11 is 6.07. The van der Waals surface area contributed by atoms with Crippen LogP contribution in [0.3, 0.4) is 0 Å². The molecule has 1 heterocycles. The fourth-order valence-electron chi connectivity index (χ4n) is 2.76. The van der Waals surface area contributed by atoms with E-state index in [4.69, 9.17) is 11.6 Å². The van der Waals surface area contributed by atoms with E-state index in [2.05, 4.69) is 23.1 Å². The third-order valence-electron chi connectivity index (χ3n) is 3.76. The number of fused-ring (bicyclic) bond motifs is 1. The molecule has 1 unspecified atom stereocenters. The Kier molecular flexibility index (Phi) is 3.62. The van der Waals surface area contributed by atoms with E-state index in [0.29, 0.717) is 0 Å². The summed E-state index contributed by atoms with van der Waals surface area (Å²) in [5, 5.41) is 10.2. The summed E-state index contributed by atoms with van der Waals surface area (Å²) in [5.74, 6) is 0. The van der Waals surface area contributed by atoms with Crippen LogP contribution >= 0.6 is 11.6 Å². The zero-order chi connectivity index (χ0) is 13.9. The van der Waals surface area contributed by atoms with E-state index in [1.807, 2.05) is 36.4 Å². The highest BCUT2D eigenvalue weighted by Gasteiger charge is 2.26. The van der Waals surface area contributed by atoms with E-state index in [-0.39, 0.29) is 6.04 Å². The highest BCUT2D eigenvalue weighted by molar-refractivity contribution is 6.30. The molecular formula is C17H15ClN2. The fraction of sp³-hybridized carbons (Fsp3) is 0.235. The Morgan fingerprint density at radius 3 is 2.75 bits per heavy atom. The van der Waals surface area contributed by atoms with Gasteiger partial charge in [0.2, 0.25) is 0 Å². The number of halogens is 1. The molecule has 0 radical (unpaired) electrons. The molecule has 1 atom stereocenters. The maximum atomic E-state index is 9.40. The van der Waals surface area contributed by atoms with Crippen molar-refractivity contribution in [3.05, 3.63) is 64.7 Å². The van der Waals surface area contributed by atoms with Crippen molar-refractivity contribution in [2.45, 2.75) is 25.4 Å². The molecule has 0 spiro atoms. The minimum absolute atomic E-state index is 0.0659. The van der Waals surface area contributed by atoms with Crippen molar-refractivity contribution in [1.82, 2.24) is 0 Å².